The Bertz CT molecular complexity index is 573. The van der Waals surface area contributed by atoms with Crippen LogP contribution in [0.15, 0.2) is 36.4 Å². The highest BCUT2D eigenvalue weighted by Gasteiger charge is 2.13. The number of hydrogen-bond donors (Lipinski definition) is 1. The van der Waals surface area contributed by atoms with Gasteiger partial charge in [-0.05, 0) is 24.3 Å². The van der Waals surface area contributed by atoms with E-state index in [0.29, 0.717) is 0 Å². The van der Waals surface area contributed by atoms with Crippen molar-refractivity contribution in [3.05, 3.63) is 48.0 Å². The summed E-state index contributed by atoms with van der Waals surface area (Å²) in [6.07, 6.45) is 0. The zero-order chi connectivity index (χ0) is 13.1. The molecule has 0 saturated carbocycles. The van der Waals surface area contributed by atoms with Crippen LogP contribution in [0.2, 0.25) is 0 Å². The fourth-order valence-electron chi connectivity index (χ4n) is 1.46. The van der Waals surface area contributed by atoms with Gasteiger partial charge in [0.15, 0.2) is 17.3 Å². The normalized spacial score (nSPS) is 10.2. The van der Waals surface area contributed by atoms with E-state index in [9.17, 15) is 8.78 Å². The van der Waals surface area contributed by atoms with E-state index in [2.05, 4.69) is 0 Å². The molecule has 0 saturated heterocycles. The summed E-state index contributed by atoms with van der Waals surface area (Å²) >= 11 is 0. The van der Waals surface area contributed by atoms with Crippen molar-refractivity contribution in [2.45, 2.75) is 0 Å². The third-order valence-corrected chi connectivity index (χ3v) is 2.34. The molecule has 0 heterocycles. The molecule has 0 bridgehead atoms. The molecule has 0 aromatic heterocycles. The predicted octanol–water partition coefficient (Wildman–Crippen LogP) is 3.35. The van der Waals surface area contributed by atoms with Crippen LogP contribution in [0.3, 0.4) is 0 Å². The van der Waals surface area contributed by atoms with Gasteiger partial charge in [-0.1, -0.05) is 6.07 Å². The first-order valence-electron chi connectivity index (χ1n) is 5.17. The monoisotopic (exact) mass is 251 g/mol. The zero-order valence-corrected chi connectivity index (χ0v) is 9.61. The second-order valence-electron chi connectivity index (χ2n) is 3.56. The molecule has 3 nitrogen and oxygen atoms in total. The van der Waals surface area contributed by atoms with Crippen LogP contribution < -0.4 is 15.2 Å². The van der Waals surface area contributed by atoms with Gasteiger partial charge in [0.25, 0.3) is 0 Å². The van der Waals surface area contributed by atoms with Gasteiger partial charge in [0.2, 0.25) is 5.75 Å². The van der Waals surface area contributed by atoms with Crippen molar-refractivity contribution in [3.63, 3.8) is 0 Å². The summed E-state index contributed by atoms with van der Waals surface area (Å²) in [6, 6.07) is 7.86. The minimum atomic E-state index is -0.613. The molecule has 0 unspecified atom stereocenters. The number of para-hydroxylation sites is 1. The van der Waals surface area contributed by atoms with Crippen molar-refractivity contribution in [3.8, 4) is 17.2 Å². The quantitative estimate of drug-likeness (QED) is 0.851. The zero-order valence-electron chi connectivity index (χ0n) is 9.61. The number of benzene rings is 2. The van der Waals surface area contributed by atoms with Crippen molar-refractivity contribution in [2.24, 2.45) is 0 Å². The number of methoxy groups -OCH3 is 1. The fraction of sp³-hybridized carbons (Fsp3) is 0.0769. The van der Waals surface area contributed by atoms with Crippen LogP contribution in [-0.4, -0.2) is 7.11 Å². The van der Waals surface area contributed by atoms with Crippen LogP contribution in [0, 0.1) is 11.6 Å². The standard InChI is InChI=1S/C13H11F2NO2/c1-17-11-4-2-3-9(15)13(11)18-12-7-8(14)5-6-10(12)16/h2-7H,16H2,1H3. The highest BCUT2D eigenvalue weighted by Crippen LogP contribution is 2.36. The van der Waals surface area contributed by atoms with Crippen LogP contribution in [0.5, 0.6) is 17.2 Å². The van der Waals surface area contributed by atoms with E-state index in [1.165, 1.54) is 37.4 Å². The van der Waals surface area contributed by atoms with Gasteiger partial charge < -0.3 is 15.2 Å². The molecule has 0 spiro atoms. The fourth-order valence-corrected chi connectivity index (χ4v) is 1.46. The first-order chi connectivity index (χ1) is 8.61. The van der Waals surface area contributed by atoms with Crippen LogP contribution in [0.1, 0.15) is 0 Å². The molecule has 18 heavy (non-hydrogen) atoms. The number of rotatable bonds is 3. The summed E-state index contributed by atoms with van der Waals surface area (Å²) in [5, 5.41) is 0. The Balaban J connectivity index is 2.42. The Labute approximate surface area is 103 Å². The maximum atomic E-state index is 13.6. The summed E-state index contributed by atoms with van der Waals surface area (Å²) in [7, 11) is 1.39. The number of nitrogens with two attached hydrogens (primary N) is 1. The van der Waals surface area contributed by atoms with Gasteiger partial charge in [0.05, 0.1) is 12.8 Å². The van der Waals surface area contributed by atoms with Crippen LogP contribution >= 0.6 is 0 Å². The van der Waals surface area contributed by atoms with E-state index in [1.807, 2.05) is 0 Å². The van der Waals surface area contributed by atoms with E-state index in [4.69, 9.17) is 15.2 Å². The molecule has 2 rings (SSSR count). The van der Waals surface area contributed by atoms with Crippen LogP contribution in [-0.2, 0) is 0 Å². The number of anilines is 1. The molecule has 0 aliphatic heterocycles. The van der Waals surface area contributed by atoms with Crippen LogP contribution in [0.4, 0.5) is 14.5 Å². The molecule has 94 valence electrons. The third kappa shape index (κ3) is 2.34. The molecule has 2 aromatic carbocycles. The van der Waals surface area contributed by atoms with Gasteiger partial charge in [-0.25, -0.2) is 8.78 Å². The lowest BCUT2D eigenvalue weighted by Gasteiger charge is -2.12. The summed E-state index contributed by atoms with van der Waals surface area (Å²) < 4.78 is 36.9. The SMILES string of the molecule is COc1cccc(F)c1Oc1cc(F)ccc1N. The molecule has 0 aliphatic rings. The number of halogens is 2. The van der Waals surface area contributed by atoms with E-state index in [-0.39, 0.29) is 22.9 Å². The Morgan fingerprint density at radius 1 is 1.06 bits per heavy atom. The third-order valence-electron chi connectivity index (χ3n) is 2.34. The van der Waals surface area contributed by atoms with Gasteiger partial charge in [-0.15, -0.1) is 0 Å². The minimum absolute atomic E-state index is 0.0402. The highest BCUT2D eigenvalue weighted by molar-refractivity contribution is 5.55. The molecule has 5 heteroatoms. The molecule has 0 aliphatic carbocycles. The summed E-state index contributed by atoms with van der Waals surface area (Å²) in [4.78, 5) is 0. The topological polar surface area (TPSA) is 44.5 Å². The second-order valence-corrected chi connectivity index (χ2v) is 3.56. The van der Waals surface area contributed by atoms with Crippen molar-refractivity contribution in [1.29, 1.82) is 0 Å². The number of ether oxygens (including phenoxy) is 2. The molecule has 0 atom stereocenters. The molecule has 0 fully saturated rings. The van der Waals surface area contributed by atoms with Gasteiger partial charge in [-0.2, -0.15) is 0 Å². The molecule has 0 radical (unpaired) electrons. The summed E-state index contributed by atoms with van der Waals surface area (Å²) in [5.74, 6) is -1.01. The van der Waals surface area contributed by atoms with E-state index >= 15 is 0 Å². The Hall–Kier alpha value is -2.30. The molecular formula is C13H11F2NO2. The van der Waals surface area contributed by atoms with Crippen LogP contribution in [0.25, 0.3) is 0 Å². The van der Waals surface area contributed by atoms with Gasteiger partial charge in [0.1, 0.15) is 5.82 Å². The van der Waals surface area contributed by atoms with Gasteiger partial charge in [-0.3, -0.25) is 0 Å². The summed E-state index contributed by atoms with van der Waals surface area (Å²) in [5.41, 5.74) is 5.83. The lowest BCUT2D eigenvalue weighted by atomic mass is 10.2. The lowest BCUT2D eigenvalue weighted by Crippen LogP contribution is -1.97. The summed E-state index contributed by atoms with van der Waals surface area (Å²) in [6.45, 7) is 0. The predicted molar refractivity (Wildman–Crippen MR) is 63.8 cm³/mol. The lowest BCUT2D eigenvalue weighted by molar-refractivity contribution is 0.364. The van der Waals surface area contributed by atoms with Crippen molar-refractivity contribution in [1.82, 2.24) is 0 Å². The first-order valence-corrected chi connectivity index (χ1v) is 5.17. The largest absolute Gasteiger partial charge is 0.493 e. The Kier molecular flexibility index (Phi) is 3.32. The minimum Gasteiger partial charge on any atom is -0.493 e. The average molecular weight is 251 g/mol. The van der Waals surface area contributed by atoms with E-state index < -0.39 is 11.6 Å². The Morgan fingerprint density at radius 3 is 2.56 bits per heavy atom. The van der Waals surface area contributed by atoms with Crippen molar-refractivity contribution >= 4 is 5.69 Å². The molecule has 0 amide bonds. The maximum Gasteiger partial charge on any atom is 0.204 e. The van der Waals surface area contributed by atoms with Gasteiger partial charge in [0, 0.05) is 6.07 Å². The second kappa shape index (κ2) is 4.91. The van der Waals surface area contributed by atoms with Crippen molar-refractivity contribution < 1.29 is 18.3 Å². The maximum absolute atomic E-state index is 13.6. The van der Waals surface area contributed by atoms with E-state index in [0.717, 1.165) is 6.07 Å². The molecular weight excluding hydrogens is 240 g/mol. The van der Waals surface area contributed by atoms with Crippen molar-refractivity contribution in [2.75, 3.05) is 12.8 Å². The van der Waals surface area contributed by atoms with E-state index in [1.54, 1.807) is 0 Å². The number of hydrogen-bond acceptors (Lipinski definition) is 3. The smallest absolute Gasteiger partial charge is 0.204 e. The molecule has 2 N–H and O–H groups in total. The molecule has 2 aromatic rings. The highest BCUT2D eigenvalue weighted by atomic mass is 19.1. The van der Waals surface area contributed by atoms with Gasteiger partial charge >= 0.3 is 0 Å². The first kappa shape index (κ1) is 12.2. The Morgan fingerprint density at radius 2 is 1.83 bits per heavy atom. The number of nitrogen functional groups attached to an aromatic ring is 1. The average Bonchev–Trinajstić information content (AvgIpc) is 2.36.